The number of nitrogens with one attached hydrogen (secondary N) is 5. The molecule has 3 heterocycles. The van der Waals surface area contributed by atoms with Gasteiger partial charge in [-0.25, -0.2) is 0 Å². The van der Waals surface area contributed by atoms with E-state index in [0.717, 1.165) is 127 Å². The van der Waals surface area contributed by atoms with Crippen LogP contribution in [-0.2, 0) is 30.4 Å². The molecule has 6 aromatic carbocycles. The number of methoxy groups -OCH3 is 5. The fraction of sp³-hybridized carbons (Fsp3) is 0.281. The van der Waals surface area contributed by atoms with Crippen LogP contribution in [0.2, 0.25) is 5.02 Å². The molecule has 3 aliphatic carbocycles. The van der Waals surface area contributed by atoms with Crippen LogP contribution < -0.4 is 44.4 Å². The predicted octanol–water partition coefficient (Wildman–Crippen LogP) is 13.0. The van der Waals surface area contributed by atoms with E-state index in [-0.39, 0.29) is 19.1 Å². The number of anilines is 6. The highest BCUT2D eigenvalue weighted by atomic mass is 35.5. The van der Waals surface area contributed by atoms with Crippen LogP contribution in [0.25, 0.3) is 33.8 Å². The van der Waals surface area contributed by atoms with Gasteiger partial charge in [-0.05, 0) is 121 Å². The Kier molecular flexibility index (Phi) is 17.8. The van der Waals surface area contributed by atoms with Gasteiger partial charge in [-0.1, -0.05) is 61.3 Å². The third-order valence-electron chi connectivity index (χ3n) is 14.5. The first-order valence-electron chi connectivity index (χ1n) is 27.5. The van der Waals surface area contributed by atoms with E-state index in [2.05, 4.69) is 78.7 Å². The topological polar surface area (TPSA) is 213 Å². The first-order valence-corrected chi connectivity index (χ1v) is 27.9. The third-order valence-corrected chi connectivity index (χ3v) is 14.8. The molecule has 0 radical (unpaired) electrons. The summed E-state index contributed by atoms with van der Waals surface area (Å²) < 4.78 is 39.9. The van der Waals surface area contributed by atoms with E-state index in [0.29, 0.717) is 59.9 Å². The zero-order valence-corrected chi connectivity index (χ0v) is 48.6. The summed E-state index contributed by atoms with van der Waals surface area (Å²) in [5.74, 6) is 6.22. The zero-order valence-electron chi connectivity index (χ0n) is 47.8. The number of aryl methyl sites for hydroxylation is 2. The predicted molar refractivity (Wildman–Crippen MR) is 324 cm³/mol. The van der Waals surface area contributed by atoms with Gasteiger partial charge in [-0.2, -0.15) is 14.9 Å². The molecule has 0 amide bonds. The van der Waals surface area contributed by atoms with Crippen molar-refractivity contribution in [1.29, 1.82) is 0 Å². The Hall–Kier alpha value is -8.97. The van der Waals surface area contributed by atoms with Crippen molar-refractivity contribution in [2.75, 3.05) is 77.9 Å². The summed E-state index contributed by atoms with van der Waals surface area (Å²) in [7, 11) is 7.98. The van der Waals surface area contributed by atoms with E-state index in [1.54, 1.807) is 28.4 Å². The fourth-order valence-electron chi connectivity index (χ4n) is 10.6. The van der Waals surface area contributed by atoms with Crippen molar-refractivity contribution in [3.05, 3.63) is 159 Å². The van der Waals surface area contributed by atoms with Crippen LogP contribution in [0.4, 0.5) is 34.5 Å². The lowest BCUT2D eigenvalue weighted by molar-refractivity contribution is 0.0748. The molecule has 0 spiro atoms. The Balaban J connectivity index is 0.000000140. The second-order valence-electron chi connectivity index (χ2n) is 20.0. The van der Waals surface area contributed by atoms with Crippen molar-refractivity contribution in [2.24, 2.45) is 0 Å². The SMILES string of the molecule is CCCc1cccc(Nc2n[nH]c3c2Cc2cc(OCC)c(OCCCO)cc2-3)c1.COCC(=O)n1nc(Nc2cccc(C)c2)c2c1-c1cc(OC)c(OC)cc1C2.COc1cc2c(cc1OC)-c1[nH]nc(Nc3ccccc3Cl)c1C2. The van der Waals surface area contributed by atoms with Crippen LogP contribution >= 0.6 is 11.6 Å². The van der Waals surface area contributed by atoms with Crippen molar-refractivity contribution in [2.45, 2.75) is 59.3 Å². The van der Waals surface area contributed by atoms with E-state index >= 15 is 0 Å². The lowest BCUT2D eigenvalue weighted by Gasteiger charge is -2.14. The van der Waals surface area contributed by atoms with Gasteiger partial charge in [0.1, 0.15) is 6.61 Å². The molecular weight excluding hydrogens is 1070 g/mol. The van der Waals surface area contributed by atoms with Crippen molar-refractivity contribution in [3.63, 3.8) is 0 Å². The number of hydrogen-bond donors (Lipinski definition) is 6. The van der Waals surface area contributed by atoms with Crippen LogP contribution in [0.5, 0.6) is 34.5 Å². The lowest BCUT2D eigenvalue weighted by Crippen LogP contribution is -2.19. The summed E-state index contributed by atoms with van der Waals surface area (Å²) >= 11 is 6.23. The summed E-state index contributed by atoms with van der Waals surface area (Å²) in [6.07, 6.45) is 4.98. The first-order chi connectivity index (χ1) is 40.5. The highest BCUT2D eigenvalue weighted by Gasteiger charge is 2.33. The van der Waals surface area contributed by atoms with E-state index < -0.39 is 0 Å². The van der Waals surface area contributed by atoms with Gasteiger partial charge in [-0.3, -0.25) is 15.0 Å². The van der Waals surface area contributed by atoms with Gasteiger partial charge in [0, 0.05) is 84.2 Å². The number of para-hydroxylation sites is 1. The molecule has 0 bridgehead atoms. The number of ether oxygens (including phenoxy) is 7. The average molecular weight is 1140 g/mol. The van der Waals surface area contributed by atoms with Gasteiger partial charge < -0.3 is 54.2 Å². The van der Waals surface area contributed by atoms with E-state index in [1.807, 2.05) is 92.7 Å². The number of nitrogens with zero attached hydrogens (tertiary/aromatic N) is 4. The highest BCUT2D eigenvalue weighted by Crippen LogP contribution is 2.48. The van der Waals surface area contributed by atoms with Crippen LogP contribution in [0, 0.1) is 6.92 Å². The minimum absolute atomic E-state index is 0.0549. The summed E-state index contributed by atoms with van der Waals surface area (Å²) in [5, 5.41) is 39.7. The Labute approximate surface area is 487 Å². The summed E-state index contributed by atoms with van der Waals surface area (Å²) in [6, 6.07) is 36.1. The number of H-pyrrole nitrogens is 2. The smallest absolute Gasteiger partial charge is 0.273 e. The van der Waals surface area contributed by atoms with Gasteiger partial charge in [0.15, 0.2) is 52.0 Å². The molecular formula is C64H68ClN9O9. The zero-order chi connectivity index (χ0) is 58.1. The van der Waals surface area contributed by atoms with E-state index in [1.165, 1.54) is 28.5 Å². The largest absolute Gasteiger partial charge is 0.493 e. The summed E-state index contributed by atoms with van der Waals surface area (Å²) in [5.41, 5.74) is 17.8. The molecule has 0 saturated heterocycles. The van der Waals surface area contributed by atoms with Gasteiger partial charge in [0.05, 0.1) is 69.4 Å². The molecule has 0 atom stereocenters. The van der Waals surface area contributed by atoms with Crippen LogP contribution in [0.1, 0.15) is 76.0 Å². The third kappa shape index (κ3) is 12.2. The minimum atomic E-state index is -0.233. The van der Waals surface area contributed by atoms with Crippen molar-refractivity contribution < 1.29 is 43.1 Å². The molecule has 18 nitrogen and oxygen atoms in total. The Morgan fingerprint density at radius 3 is 1.80 bits per heavy atom. The fourth-order valence-corrected chi connectivity index (χ4v) is 10.8. The molecule has 0 unspecified atom stereocenters. The van der Waals surface area contributed by atoms with Crippen molar-refractivity contribution in [3.8, 4) is 68.3 Å². The molecule has 430 valence electrons. The molecule has 9 aromatic rings. The second kappa shape index (κ2) is 25.9. The summed E-state index contributed by atoms with van der Waals surface area (Å²) in [6.45, 7) is 7.26. The van der Waals surface area contributed by atoms with Crippen LogP contribution in [0.3, 0.4) is 0 Å². The van der Waals surface area contributed by atoms with Crippen LogP contribution in [-0.4, -0.2) is 103 Å². The second-order valence-corrected chi connectivity index (χ2v) is 20.4. The molecule has 83 heavy (non-hydrogen) atoms. The van der Waals surface area contributed by atoms with Crippen molar-refractivity contribution in [1.82, 2.24) is 30.2 Å². The number of carbonyl (C=O) groups is 1. The number of hydrogen-bond acceptors (Lipinski definition) is 15. The summed E-state index contributed by atoms with van der Waals surface area (Å²) in [4.78, 5) is 12.7. The Morgan fingerprint density at radius 1 is 0.627 bits per heavy atom. The highest BCUT2D eigenvalue weighted by molar-refractivity contribution is 6.33. The maximum Gasteiger partial charge on any atom is 0.273 e. The number of carbonyl (C=O) groups excluding carboxylic acids is 1. The number of aliphatic hydroxyl groups is 1. The Bertz CT molecular complexity index is 3800. The van der Waals surface area contributed by atoms with Gasteiger partial charge in [0.25, 0.3) is 5.91 Å². The molecule has 0 saturated carbocycles. The molecule has 12 rings (SSSR count). The normalized spacial score (nSPS) is 11.8. The molecule has 0 fully saturated rings. The maximum atomic E-state index is 12.7. The monoisotopic (exact) mass is 1140 g/mol. The van der Waals surface area contributed by atoms with E-state index in [4.69, 9.17) is 49.9 Å². The molecule has 19 heteroatoms. The number of rotatable bonds is 20. The molecule has 3 aliphatic rings. The maximum absolute atomic E-state index is 12.7. The van der Waals surface area contributed by atoms with Crippen molar-refractivity contribution >= 4 is 52.0 Å². The number of aromatic amines is 2. The van der Waals surface area contributed by atoms with Gasteiger partial charge in [0.2, 0.25) is 0 Å². The van der Waals surface area contributed by atoms with Crippen LogP contribution in [0.15, 0.2) is 109 Å². The lowest BCUT2D eigenvalue weighted by atomic mass is 10.1. The quantitative estimate of drug-likeness (QED) is 0.0392. The average Bonchev–Trinajstić information content (AvgIpc) is 3.00. The number of halogens is 1. The molecule has 6 N–H and O–H groups in total. The number of fused-ring (bicyclic) bond motifs is 9. The minimum Gasteiger partial charge on any atom is -0.493 e. The van der Waals surface area contributed by atoms with E-state index in [9.17, 15) is 4.79 Å². The standard InChI is InChI=1S/C24H29N3O3.C22H23N3O4.C18H16ClN3O2/c1-3-7-16-8-5-9-18(12-16)25-24-20-13-17-14-21(29-4-2)22(30-11-6-10-28)15-19(17)23(20)26-27-24;1-13-6-5-7-15(8-13)23-22-17-9-14-10-18(28-3)19(29-4)11-16(14)21(17)25(24-22)20(26)12-27-2;1-23-15-8-10-7-12-17(11(10)9-16(15)24-2)21-22-18(12)20-14-6-4-3-5-13(14)19/h5,8-9,12,14-15,28H,3-4,6-7,10-11,13H2,1-2H3,(H2,25,26,27);5-8,10-11H,9,12H2,1-4H3,(H,23,24);3-6,8-9H,7H2,1-2H3,(H2,20,21,22). The molecule has 0 aliphatic heterocycles. The first kappa shape index (κ1) is 57.3. The number of aliphatic hydroxyl groups excluding tert-OH is 1. The molecule has 3 aromatic heterocycles. The van der Waals surface area contributed by atoms with Gasteiger partial charge in [-0.15, -0.1) is 5.10 Å². The number of aromatic nitrogens is 6. The number of benzene rings is 6. The Morgan fingerprint density at radius 2 is 1.18 bits per heavy atom. The van der Waals surface area contributed by atoms with Gasteiger partial charge >= 0.3 is 0 Å².